The molecule has 0 atom stereocenters. The summed E-state index contributed by atoms with van der Waals surface area (Å²) in [6.07, 6.45) is 0.873. The van der Waals surface area contributed by atoms with Gasteiger partial charge in [-0.3, -0.25) is 0 Å². The van der Waals surface area contributed by atoms with E-state index < -0.39 is 10.0 Å². The molecule has 1 rings (SSSR count). The van der Waals surface area contributed by atoms with E-state index in [1.54, 1.807) is 12.1 Å². The maximum atomic E-state index is 11.4. The van der Waals surface area contributed by atoms with Gasteiger partial charge in [-0.15, -0.1) is 0 Å². The Morgan fingerprint density at radius 3 is 2.53 bits per heavy atom. The first-order chi connectivity index (χ1) is 7.80. The van der Waals surface area contributed by atoms with Crippen molar-refractivity contribution in [2.45, 2.75) is 32.1 Å². The molecule has 5 heteroatoms. The highest BCUT2D eigenvalue weighted by Crippen LogP contribution is 2.24. The molecule has 0 aliphatic rings. The van der Waals surface area contributed by atoms with Crippen LogP contribution in [0.3, 0.4) is 0 Å². The minimum absolute atomic E-state index is 0.0567. The molecule has 0 unspecified atom stereocenters. The molecule has 0 radical (unpaired) electrons. The zero-order valence-corrected chi connectivity index (χ0v) is 11.3. The fourth-order valence-corrected chi connectivity index (χ4v) is 2.12. The van der Waals surface area contributed by atoms with Gasteiger partial charge in [-0.1, -0.05) is 19.9 Å². The molecular formula is C12H19NO3S. The van der Waals surface area contributed by atoms with Crippen molar-refractivity contribution < 1.29 is 13.2 Å². The van der Waals surface area contributed by atoms with Crippen LogP contribution >= 0.6 is 0 Å². The molecular weight excluding hydrogens is 238 g/mol. The van der Waals surface area contributed by atoms with Gasteiger partial charge in [-0.2, -0.15) is 0 Å². The van der Waals surface area contributed by atoms with Crippen molar-refractivity contribution in [1.82, 2.24) is 0 Å². The lowest BCUT2D eigenvalue weighted by atomic mass is 10.1. The van der Waals surface area contributed by atoms with E-state index in [2.05, 4.69) is 13.8 Å². The largest absolute Gasteiger partial charge is 0.492 e. The maximum Gasteiger partial charge on any atom is 0.241 e. The van der Waals surface area contributed by atoms with Crippen LogP contribution in [0.25, 0.3) is 0 Å². The molecule has 0 amide bonds. The fraction of sp³-hybridized carbons (Fsp3) is 0.500. The Hall–Kier alpha value is -1.07. The molecule has 0 spiro atoms. The number of hydrogen-bond donors (Lipinski definition) is 1. The summed E-state index contributed by atoms with van der Waals surface area (Å²) >= 11 is 0. The minimum Gasteiger partial charge on any atom is -0.492 e. The van der Waals surface area contributed by atoms with E-state index in [4.69, 9.17) is 9.88 Å². The number of aryl methyl sites for hydroxylation is 1. The minimum atomic E-state index is -3.73. The average molecular weight is 257 g/mol. The molecule has 4 nitrogen and oxygen atoms in total. The van der Waals surface area contributed by atoms with Crippen LogP contribution in [-0.2, 0) is 10.0 Å². The average Bonchev–Trinajstić information content (AvgIpc) is 2.18. The number of nitrogens with two attached hydrogens (primary N) is 1. The summed E-state index contributed by atoms with van der Waals surface area (Å²) in [5.41, 5.74) is 0.838. The summed E-state index contributed by atoms with van der Waals surface area (Å²) in [7, 11) is -3.73. The Balaban J connectivity index is 2.92. The maximum absolute atomic E-state index is 11.4. The predicted octanol–water partition coefficient (Wildman–Crippen LogP) is 2.07. The fourth-order valence-electron chi connectivity index (χ4n) is 1.36. The van der Waals surface area contributed by atoms with Gasteiger partial charge >= 0.3 is 0 Å². The quantitative estimate of drug-likeness (QED) is 0.877. The van der Waals surface area contributed by atoms with E-state index in [1.807, 2.05) is 6.92 Å². The van der Waals surface area contributed by atoms with Crippen LogP contribution in [0, 0.1) is 12.8 Å². The Morgan fingerprint density at radius 2 is 2.00 bits per heavy atom. The number of benzene rings is 1. The highest BCUT2D eigenvalue weighted by atomic mass is 32.2. The number of sulfonamides is 1. The van der Waals surface area contributed by atoms with Crippen LogP contribution in [0.1, 0.15) is 25.8 Å². The van der Waals surface area contributed by atoms with Gasteiger partial charge in [0.05, 0.1) is 6.61 Å². The molecule has 17 heavy (non-hydrogen) atoms. The van der Waals surface area contributed by atoms with Crippen molar-refractivity contribution >= 4 is 10.0 Å². The van der Waals surface area contributed by atoms with Crippen LogP contribution < -0.4 is 9.88 Å². The molecule has 0 bridgehead atoms. The van der Waals surface area contributed by atoms with Crippen molar-refractivity contribution in [3.8, 4) is 5.75 Å². The lowest BCUT2D eigenvalue weighted by Crippen LogP contribution is -2.14. The third kappa shape index (κ3) is 4.36. The molecule has 0 aliphatic carbocycles. The summed E-state index contributed by atoms with van der Waals surface area (Å²) in [4.78, 5) is 0.0567. The monoisotopic (exact) mass is 257 g/mol. The lowest BCUT2D eigenvalue weighted by Gasteiger charge is -2.11. The lowest BCUT2D eigenvalue weighted by molar-refractivity contribution is 0.283. The highest BCUT2D eigenvalue weighted by Gasteiger charge is 2.15. The number of hydrogen-bond acceptors (Lipinski definition) is 3. The van der Waals surface area contributed by atoms with Gasteiger partial charge in [-0.05, 0) is 37.0 Å². The van der Waals surface area contributed by atoms with Gasteiger partial charge in [0.2, 0.25) is 10.0 Å². The molecule has 0 heterocycles. The molecule has 1 aromatic rings. The van der Waals surface area contributed by atoms with Gasteiger partial charge in [0.15, 0.2) is 0 Å². The normalized spacial score (nSPS) is 11.8. The van der Waals surface area contributed by atoms with Crippen LogP contribution in [0.15, 0.2) is 23.1 Å². The second-order valence-electron chi connectivity index (χ2n) is 4.53. The first-order valence-corrected chi connectivity index (χ1v) is 7.11. The number of rotatable bonds is 5. The number of ether oxygens (including phenoxy) is 1. The third-order valence-electron chi connectivity index (χ3n) is 2.36. The molecule has 0 saturated heterocycles. The van der Waals surface area contributed by atoms with Crippen molar-refractivity contribution in [2.24, 2.45) is 11.1 Å². The summed E-state index contributed by atoms with van der Waals surface area (Å²) in [5.74, 6) is 0.845. The zero-order chi connectivity index (χ0) is 13.1. The van der Waals surface area contributed by atoms with Crippen LogP contribution in [0.5, 0.6) is 5.75 Å². The van der Waals surface area contributed by atoms with E-state index in [9.17, 15) is 8.42 Å². The Morgan fingerprint density at radius 1 is 1.35 bits per heavy atom. The molecule has 0 aliphatic heterocycles. The zero-order valence-electron chi connectivity index (χ0n) is 10.4. The van der Waals surface area contributed by atoms with Crippen molar-refractivity contribution in [2.75, 3.05) is 6.61 Å². The topological polar surface area (TPSA) is 69.4 Å². The molecule has 0 aromatic heterocycles. The van der Waals surface area contributed by atoms with E-state index in [-0.39, 0.29) is 4.90 Å². The van der Waals surface area contributed by atoms with Gasteiger partial charge in [0.1, 0.15) is 10.6 Å². The van der Waals surface area contributed by atoms with E-state index >= 15 is 0 Å². The smallest absolute Gasteiger partial charge is 0.241 e. The van der Waals surface area contributed by atoms with Gasteiger partial charge < -0.3 is 4.74 Å². The summed E-state index contributed by atoms with van der Waals surface area (Å²) < 4.78 is 28.3. The highest BCUT2D eigenvalue weighted by molar-refractivity contribution is 7.89. The molecule has 0 saturated carbocycles. The summed E-state index contributed by atoms with van der Waals surface area (Å²) in [6.45, 7) is 6.47. The standard InChI is InChI=1S/C12H19NO3S/c1-9(2)6-7-16-11-5-4-10(3)8-12(11)17(13,14)15/h4-5,8-9H,6-7H2,1-3H3,(H2,13,14,15). The summed E-state index contributed by atoms with van der Waals surface area (Å²) in [5, 5.41) is 5.15. The van der Waals surface area contributed by atoms with Crippen LogP contribution in [0.2, 0.25) is 0 Å². The SMILES string of the molecule is Cc1ccc(OCCC(C)C)c(S(N)(=O)=O)c1. The second-order valence-corrected chi connectivity index (χ2v) is 6.06. The van der Waals surface area contributed by atoms with Gasteiger partial charge in [0, 0.05) is 0 Å². The van der Waals surface area contributed by atoms with Crippen molar-refractivity contribution in [1.29, 1.82) is 0 Å². The van der Waals surface area contributed by atoms with Crippen molar-refractivity contribution in [3.63, 3.8) is 0 Å². The Kier molecular flexibility index (Phi) is 4.54. The summed E-state index contributed by atoms with van der Waals surface area (Å²) in [6, 6.07) is 4.98. The second kappa shape index (κ2) is 5.51. The van der Waals surface area contributed by atoms with E-state index in [0.717, 1.165) is 12.0 Å². The Bertz CT molecular complexity index is 481. The van der Waals surface area contributed by atoms with Crippen LogP contribution in [-0.4, -0.2) is 15.0 Å². The third-order valence-corrected chi connectivity index (χ3v) is 3.29. The first-order valence-electron chi connectivity index (χ1n) is 5.57. The van der Waals surface area contributed by atoms with Crippen LogP contribution in [0.4, 0.5) is 0 Å². The molecule has 2 N–H and O–H groups in total. The molecule has 96 valence electrons. The first kappa shape index (κ1) is 14.0. The molecule has 1 aromatic carbocycles. The Labute approximate surface area is 103 Å². The number of primary sulfonamides is 1. The van der Waals surface area contributed by atoms with Gasteiger partial charge in [0.25, 0.3) is 0 Å². The van der Waals surface area contributed by atoms with Gasteiger partial charge in [-0.25, -0.2) is 13.6 Å². The predicted molar refractivity (Wildman–Crippen MR) is 67.5 cm³/mol. The van der Waals surface area contributed by atoms with Crippen molar-refractivity contribution in [3.05, 3.63) is 23.8 Å². The van der Waals surface area contributed by atoms with E-state index in [0.29, 0.717) is 18.3 Å². The van der Waals surface area contributed by atoms with E-state index in [1.165, 1.54) is 6.07 Å². The molecule has 0 fully saturated rings.